The van der Waals surface area contributed by atoms with Crippen LogP contribution in [0.4, 0.5) is 4.79 Å². The second-order valence-electron chi connectivity index (χ2n) is 9.84. The van der Waals surface area contributed by atoms with Gasteiger partial charge in [0, 0.05) is 71.4 Å². The highest BCUT2D eigenvalue weighted by Gasteiger charge is 2.30. The van der Waals surface area contributed by atoms with Gasteiger partial charge in [-0.25, -0.2) is 4.79 Å². The van der Waals surface area contributed by atoms with E-state index in [4.69, 9.17) is 0 Å². The zero-order valence-corrected chi connectivity index (χ0v) is 20.1. The average Bonchev–Trinajstić information content (AvgIpc) is 3.40. The second-order valence-corrected chi connectivity index (χ2v) is 9.84. The van der Waals surface area contributed by atoms with Crippen LogP contribution in [0.3, 0.4) is 0 Å². The van der Waals surface area contributed by atoms with Crippen LogP contribution in [0.2, 0.25) is 0 Å². The first kappa shape index (κ1) is 24.0. The van der Waals surface area contributed by atoms with Gasteiger partial charge in [-0.1, -0.05) is 30.3 Å². The molecule has 3 fully saturated rings. The molecule has 3 saturated heterocycles. The molecule has 3 aliphatic rings. The van der Waals surface area contributed by atoms with Crippen molar-refractivity contribution in [3.63, 3.8) is 0 Å². The van der Waals surface area contributed by atoms with Crippen molar-refractivity contribution in [2.75, 3.05) is 65.4 Å². The number of hydrogen-bond donors (Lipinski definition) is 1. The van der Waals surface area contributed by atoms with Gasteiger partial charge in [0.05, 0.1) is 0 Å². The van der Waals surface area contributed by atoms with Gasteiger partial charge in [-0.15, -0.1) is 0 Å². The third kappa shape index (κ3) is 7.18. The van der Waals surface area contributed by atoms with Crippen molar-refractivity contribution >= 4 is 11.9 Å². The van der Waals surface area contributed by atoms with Crippen LogP contribution in [0, 0.1) is 5.92 Å². The standard InChI is InChI=1S/C26H41N5O2/c32-25(24-10-16-31(17-11-24)26(33)30-14-6-7-15-30)27-12-4-5-13-28-18-20-29(21-19-28)22-23-8-2-1-3-9-23/h1-3,8-9,24H,4-7,10-22H2,(H,27,32). The summed E-state index contributed by atoms with van der Waals surface area (Å²) in [6, 6.07) is 10.9. The predicted octanol–water partition coefficient (Wildman–Crippen LogP) is 2.63. The van der Waals surface area contributed by atoms with Gasteiger partial charge in [0.2, 0.25) is 5.91 Å². The van der Waals surface area contributed by atoms with Gasteiger partial charge in [0.15, 0.2) is 0 Å². The molecule has 1 aromatic rings. The van der Waals surface area contributed by atoms with Crippen LogP contribution in [0.5, 0.6) is 0 Å². The molecule has 0 aliphatic carbocycles. The van der Waals surface area contributed by atoms with E-state index in [-0.39, 0.29) is 17.9 Å². The van der Waals surface area contributed by atoms with E-state index in [1.165, 1.54) is 5.56 Å². The van der Waals surface area contributed by atoms with Gasteiger partial charge >= 0.3 is 6.03 Å². The van der Waals surface area contributed by atoms with Crippen LogP contribution < -0.4 is 5.32 Å². The van der Waals surface area contributed by atoms with Crippen LogP contribution in [0.25, 0.3) is 0 Å². The third-order valence-corrected chi connectivity index (χ3v) is 7.43. The number of rotatable bonds is 8. The molecule has 3 amide bonds. The molecule has 3 aliphatic heterocycles. The number of piperazine rings is 1. The molecule has 0 saturated carbocycles. The smallest absolute Gasteiger partial charge is 0.319 e. The third-order valence-electron chi connectivity index (χ3n) is 7.43. The number of amides is 3. The highest BCUT2D eigenvalue weighted by molar-refractivity contribution is 5.79. The number of urea groups is 1. The number of nitrogens with one attached hydrogen (secondary N) is 1. The fraction of sp³-hybridized carbons (Fsp3) is 0.692. The van der Waals surface area contributed by atoms with E-state index >= 15 is 0 Å². The Morgan fingerprint density at radius 3 is 2.12 bits per heavy atom. The van der Waals surface area contributed by atoms with Crippen molar-refractivity contribution in [1.29, 1.82) is 0 Å². The zero-order chi connectivity index (χ0) is 22.9. The number of likely N-dealkylation sites (tertiary alicyclic amines) is 2. The first-order valence-electron chi connectivity index (χ1n) is 13.0. The predicted molar refractivity (Wildman–Crippen MR) is 131 cm³/mol. The zero-order valence-electron chi connectivity index (χ0n) is 20.1. The number of unbranched alkanes of at least 4 members (excludes halogenated alkanes) is 1. The summed E-state index contributed by atoms with van der Waals surface area (Å²) in [5.74, 6) is 0.239. The molecule has 0 radical (unpaired) electrons. The molecule has 0 atom stereocenters. The maximum atomic E-state index is 12.5. The summed E-state index contributed by atoms with van der Waals surface area (Å²) in [5, 5.41) is 3.14. The quantitative estimate of drug-likeness (QED) is 0.613. The Bertz CT molecular complexity index is 736. The molecule has 0 unspecified atom stereocenters. The molecule has 7 nitrogen and oxygen atoms in total. The first-order chi connectivity index (χ1) is 16.2. The van der Waals surface area contributed by atoms with E-state index < -0.39 is 0 Å². The van der Waals surface area contributed by atoms with Crippen LogP contribution in [-0.4, -0.2) is 97.0 Å². The minimum atomic E-state index is 0.0605. The fourth-order valence-electron chi connectivity index (χ4n) is 5.27. The Hall–Kier alpha value is -2.12. The molecule has 7 heteroatoms. The molecule has 4 rings (SSSR count). The Balaban J connectivity index is 1.03. The van der Waals surface area contributed by atoms with Crippen molar-refractivity contribution in [1.82, 2.24) is 24.9 Å². The van der Waals surface area contributed by atoms with Gasteiger partial charge in [-0.3, -0.25) is 9.69 Å². The largest absolute Gasteiger partial charge is 0.356 e. The van der Waals surface area contributed by atoms with Crippen molar-refractivity contribution in [3.05, 3.63) is 35.9 Å². The van der Waals surface area contributed by atoms with Crippen molar-refractivity contribution in [2.24, 2.45) is 5.92 Å². The maximum absolute atomic E-state index is 12.5. The fourth-order valence-corrected chi connectivity index (χ4v) is 5.27. The number of benzene rings is 1. The molecule has 1 aromatic carbocycles. The molecule has 182 valence electrons. The van der Waals surface area contributed by atoms with Crippen LogP contribution in [0.15, 0.2) is 30.3 Å². The van der Waals surface area contributed by atoms with Crippen LogP contribution in [-0.2, 0) is 11.3 Å². The molecular formula is C26H41N5O2. The number of carbonyl (C=O) groups is 2. The van der Waals surface area contributed by atoms with E-state index in [0.717, 1.165) is 97.4 Å². The number of carbonyl (C=O) groups excluding carboxylic acids is 2. The molecule has 0 spiro atoms. The highest BCUT2D eigenvalue weighted by atomic mass is 16.2. The second kappa shape index (κ2) is 12.4. The number of hydrogen-bond acceptors (Lipinski definition) is 4. The molecule has 1 N–H and O–H groups in total. The molecule has 3 heterocycles. The van der Waals surface area contributed by atoms with Gasteiger partial charge in [-0.05, 0) is 50.6 Å². The summed E-state index contributed by atoms with van der Waals surface area (Å²) in [4.78, 5) is 34.0. The molecular weight excluding hydrogens is 414 g/mol. The first-order valence-corrected chi connectivity index (χ1v) is 13.0. The van der Waals surface area contributed by atoms with E-state index in [9.17, 15) is 9.59 Å². The summed E-state index contributed by atoms with van der Waals surface area (Å²) in [6.07, 6.45) is 5.98. The summed E-state index contributed by atoms with van der Waals surface area (Å²) < 4.78 is 0. The monoisotopic (exact) mass is 455 g/mol. The minimum absolute atomic E-state index is 0.0605. The van der Waals surface area contributed by atoms with Gasteiger partial charge in [-0.2, -0.15) is 0 Å². The lowest BCUT2D eigenvalue weighted by atomic mass is 9.96. The van der Waals surface area contributed by atoms with Crippen molar-refractivity contribution in [3.8, 4) is 0 Å². The van der Waals surface area contributed by atoms with Crippen molar-refractivity contribution in [2.45, 2.75) is 45.1 Å². The summed E-state index contributed by atoms with van der Waals surface area (Å²) in [6.45, 7) is 10.7. The molecule has 0 bridgehead atoms. The molecule has 33 heavy (non-hydrogen) atoms. The minimum Gasteiger partial charge on any atom is -0.356 e. The highest BCUT2D eigenvalue weighted by Crippen LogP contribution is 2.20. The summed E-state index contributed by atoms with van der Waals surface area (Å²) in [7, 11) is 0. The van der Waals surface area contributed by atoms with Crippen LogP contribution in [0.1, 0.15) is 44.1 Å². The van der Waals surface area contributed by atoms with E-state index in [0.29, 0.717) is 13.1 Å². The number of piperidine rings is 1. The van der Waals surface area contributed by atoms with Crippen LogP contribution >= 0.6 is 0 Å². The van der Waals surface area contributed by atoms with E-state index in [1.54, 1.807) is 0 Å². The maximum Gasteiger partial charge on any atom is 0.319 e. The lowest BCUT2D eigenvalue weighted by Gasteiger charge is -2.34. The van der Waals surface area contributed by atoms with E-state index in [2.05, 4.69) is 45.4 Å². The molecule has 0 aromatic heterocycles. The SMILES string of the molecule is O=C(NCCCCN1CCN(Cc2ccccc2)CC1)C1CCN(C(=O)N2CCCC2)CC1. The lowest BCUT2D eigenvalue weighted by Crippen LogP contribution is -2.47. The van der Waals surface area contributed by atoms with Gasteiger partial charge in [0.1, 0.15) is 0 Å². The summed E-state index contributed by atoms with van der Waals surface area (Å²) >= 11 is 0. The summed E-state index contributed by atoms with van der Waals surface area (Å²) in [5.41, 5.74) is 1.39. The Kier molecular flexibility index (Phi) is 9.01. The Morgan fingerprint density at radius 1 is 0.788 bits per heavy atom. The van der Waals surface area contributed by atoms with Gasteiger partial charge < -0.3 is 20.0 Å². The van der Waals surface area contributed by atoms with E-state index in [1.807, 2.05) is 9.80 Å². The normalized spacial score (nSPS) is 20.8. The Labute approximate surface area is 199 Å². The Morgan fingerprint density at radius 2 is 1.42 bits per heavy atom. The number of nitrogens with zero attached hydrogens (tertiary/aromatic N) is 4. The van der Waals surface area contributed by atoms with Crippen molar-refractivity contribution < 1.29 is 9.59 Å². The van der Waals surface area contributed by atoms with Gasteiger partial charge in [0.25, 0.3) is 0 Å². The average molecular weight is 456 g/mol. The lowest BCUT2D eigenvalue weighted by molar-refractivity contribution is -0.126. The topological polar surface area (TPSA) is 59.1 Å².